The van der Waals surface area contributed by atoms with E-state index in [1.807, 2.05) is 70.2 Å². The Morgan fingerprint density at radius 2 is 1.71 bits per heavy atom. The summed E-state index contributed by atoms with van der Waals surface area (Å²) < 4.78 is 2.05. The van der Waals surface area contributed by atoms with Gasteiger partial charge in [0.1, 0.15) is 0 Å². The molecule has 0 radical (unpaired) electrons. The van der Waals surface area contributed by atoms with Crippen molar-refractivity contribution in [1.82, 2.24) is 14.4 Å². The summed E-state index contributed by atoms with van der Waals surface area (Å²) >= 11 is 0. The number of aromatic nitrogens is 1. The van der Waals surface area contributed by atoms with E-state index in [1.54, 1.807) is 0 Å². The van der Waals surface area contributed by atoms with Crippen LogP contribution in [0.15, 0.2) is 48.8 Å². The molecular weight excluding hydrogens is 350 g/mol. The quantitative estimate of drug-likeness (QED) is 0.737. The van der Waals surface area contributed by atoms with E-state index in [9.17, 15) is 9.59 Å². The fourth-order valence-corrected chi connectivity index (χ4v) is 3.77. The van der Waals surface area contributed by atoms with Crippen molar-refractivity contribution in [3.8, 4) is 5.69 Å². The number of unbranched alkanes of at least 4 members (excludes halogenated alkanes) is 1. The van der Waals surface area contributed by atoms with Crippen LogP contribution >= 0.6 is 0 Å². The van der Waals surface area contributed by atoms with E-state index in [-0.39, 0.29) is 17.7 Å². The lowest BCUT2D eigenvalue weighted by Crippen LogP contribution is -2.44. The van der Waals surface area contributed by atoms with Gasteiger partial charge >= 0.3 is 0 Å². The summed E-state index contributed by atoms with van der Waals surface area (Å²) in [6.07, 6.45) is 8.11. The Morgan fingerprint density at radius 1 is 1.07 bits per heavy atom. The van der Waals surface area contributed by atoms with E-state index < -0.39 is 0 Å². The maximum absolute atomic E-state index is 12.7. The summed E-state index contributed by atoms with van der Waals surface area (Å²) in [5, 5.41) is 0. The average molecular weight is 382 g/mol. The molecule has 2 aromatic rings. The monoisotopic (exact) mass is 381 g/mol. The van der Waals surface area contributed by atoms with Gasteiger partial charge in [-0.1, -0.05) is 25.5 Å². The molecule has 2 amide bonds. The Hall–Kier alpha value is -2.56. The predicted octanol–water partition coefficient (Wildman–Crippen LogP) is 3.52. The van der Waals surface area contributed by atoms with Crippen LogP contribution in [0.25, 0.3) is 5.69 Å². The van der Waals surface area contributed by atoms with Gasteiger partial charge in [-0.3, -0.25) is 9.59 Å². The molecule has 1 saturated heterocycles. The molecule has 0 atom stereocenters. The summed E-state index contributed by atoms with van der Waals surface area (Å²) in [5.41, 5.74) is 2.12. The van der Waals surface area contributed by atoms with Gasteiger partial charge < -0.3 is 14.4 Å². The number of hydrogen-bond donors (Lipinski definition) is 0. The summed E-state index contributed by atoms with van der Waals surface area (Å²) in [6, 6.07) is 12.1. The van der Waals surface area contributed by atoms with Crippen molar-refractivity contribution < 1.29 is 9.59 Å². The van der Waals surface area contributed by atoms with Gasteiger partial charge in [-0.25, -0.2) is 0 Å². The van der Waals surface area contributed by atoms with Gasteiger partial charge in [0.15, 0.2) is 0 Å². The molecule has 1 aliphatic heterocycles. The standard InChI is InChI=1S/C23H31N3O2/c1-3-4-13-24(2)23(28)20-11-16-26(17-12-20)22(27)18-19-7-9-21(10-8-19)25-14-5-6-15-25/h5-10,14-15,20H,3-4,11-13,16-18H2,1-2H3. The Labute approximate surface area is 167 Å². The zero-order valence-electron chi connectivity index (χ0n) is 17.0. The Balaban J connectivity index is 1.48. The smallest absolute Gasteiger partial charge is 0.226 e. The number of hydrogen-bond acceptors (Lipinski definition) is 2. The van der Waals surface area contributed by atoms with Crippen LogP contribution in [0.4, 0.5) is 0 Å². The minimum absolute atomic E-state index is 0.0618. The van der Waals surface area contributed by atoms with Crippen LogP contribution in [0.1, 0.15) is 38.2 Å². The largest absolute Gasteiger partial charge is 0.346 e. The summed E-state index contributed by atoms with van der Waals surface area (Å²) in [6.45, 7) is 4.32. The molecule has 0 spiro atoms. The number of carbonyl (C=O) groups is 2. The third-order valence-corrected chi connectivity index (χ3v) is 5.61. The van der Waals surface area contributed by atoms with Crippen LogP contribution in [0.3, 0.4) is 0 Å². The van der Waals surface area contributed by atoms with Crippen LogP contribution in [0, 0.1) is 5.92 Å². The van der Waals surface area contributed by atoms with Gasteiger partial charge in [0.05, 0.1) is 6.42 Å². The molecule has 1 aromatic heterocycles. The van der Waals surface area contributed by atoms with Gasteiger partial charge in [-0.2, -0.15) is 0 Å². The maximum atomic E-state index is 12.7. The first kappa shape index (κ1) is 20.2. The van der Waals surface area contributed by atoms with Gasteiger partial charge in [0, 0.05) is 50.7 Å². The van der Waals surface area contributed by atoms with Crippen LogP contribution in [0.2, 0.25) is 0 Å². The van der Waals surface area contributed by atoms with Crippen LogP contribution in [-0.4, -0.2) is 52.9 Å². The number of amides is 2. The van der Waals surface area contributed by atoms with E-state index in [1.165, 1.54) is 0 Å². The van der Waals surface area contributed by atoms with Gasteiger partial charge in [0.25, 0.3) is 0 Å². The molecule has 0 aliphatic carbocycles. The molecule has 1 aromatic carbocycles. The van der Waals surface area contributed by atoms with E-state index in [2.05, 4.69) is 6.92 Å². The fourth-order valence-electron chi connectivity index (χ4n) is 3.77. The number of carbonyl (C=O) groups excluding carboxylic acids is 2. The highest BCUT2D eigenvalue weighted by molar-refractivity contribution is 5.81. The number of rotatable bonds is 7. The Bertz CT molecular complexity index is 760. The average Bonchev–Trinajstić information content (AvgIpc) is 3.27. The highest BCUT2D eigenvalue weighted by Crippen LogP contribution is 2.20. The number of nitrogens with zero attached hydrogens (tertiary/aromatic N) is 3. The molecule has 5 heteroatoms. The molecule has 28 heavy (non-hydrogen) atoms. The fraction of sp³-hybridized carbons (Fsp3) is 0.478. The first-order chi connectivity index (χ1) is 13.6. The first-order valence-corrected chi connectivity index (χ1v) is 10.3. The van der Waals surface area contributed by atoms with E-state index >= 15 is 0 Å². The lowest BCUT2D eigenvalue weighted by molar-refractivity contribution is -0.139. The maximum Gasteiger partial charge on any atom is 0.226 e. The van der Waals surface area contributed by atoms with E-state index in [0.29, 0.717) is 19.5 Å². The molecular formula is C23H31N3O2. The first-order valence-electron chi connectivity index (χ1n) is 10.3. The second kappa shape index (κ2) is 9.58. The number of benzene rings is 1. The molecule has 1 aliphatic rings. The zero-order valence-corrected chi connectivity index (χ0v) is 17.0. The van der Waals surface area contributed by atoms with E-state index in [0.717, 1.165) is 43.5 Å². The number of piperidine rings is 1. The molecule has 0 saturated carbocycles. The second-order valence-electron chi connectivity index (χ2n) is 7.70. The highest BCUT2D eigenvalue weighted by Gasteiger charge is 2.28. The van der Waals surface area contributed by atoms with Crippen molar-refractivity contribution in [2.75, 3.05) is 26.7 Å². The summed E-state index contributed by atoms with van der Waals surface area (Å²) in [5.74, 6) is 0.451. The number of likely N-dealkylation sites (tertiary alicyclic amines) is 1. The lowest BCUT2D eigenvalue weighted by atomic mass is 9.95. The molecule has 1 fully saturated rings. The SMILES string of the molecule is CCCCN(C)C(=O)C1CCN(C(=O)Cc2ccc(-n3cccc3)cc2)CC1. The minimum Gasteiger partial charge on any atom is -0.346 e. The van der Waals surface area contributed by atoms with Crippen LogP contribution in [-0.2, 0) is 16.0 Å². The second-order valence-corrected chi connectivity index (χ2v) is 7.70. The summed E-state index contributed by atoms with van der Waals surface area (Å²) in [7, 11) is 1.90. The highest BCUT2D eigenvalue weighted by atomic mass is 16.2. The molecule has 0 unspecified atom stereocenters. The zero-order chi connectivity index (χ0) is 19.9. The van der Waals surface area contributed by atoms with Gasteiger partial charge in [0.2, 0.25) is 11.8 Å². The lowest BCUT2D eigenvalue weighted by Gasteiger charge is -2.33. The summed E-state index contributed by atoms with van der Waals surface area (Å²) in [4.78, 5) is 29.0. The third-order valence-electron chi connectivity index (χ3n) is 5.61. The molecule has 3 rings (SSSR count). The molecule has 150 valence electrons. The van der Waals surface area contributed by atoms with Crippen molar-refractivity contribution in [3.63, 3.8) is 0 Å². The van der Waals surface area contributed by atoms with Crippen molar-refractivity contribution >= 4 is 11.8 Å². The van der Waals surface area contributed by atoms with Crippen molar-refractivity contribution in [2.24, 2.45) is 5.92 Å². The molecule has 0 N–H and O–H groups in total. The van der Waals surface area contributed by atoms with Crippen molar-refractivity contribution in [1.29, 1.82) is 0 Å². The Kier molecular flexibility index (Phi) is 6.90. The normalized spacial score (nSPS) is 14.9. The van der Waals surface area contributed by atoms with Crippen LogP contribution in [0.5, 0.6) is 0 Å². The third kappa shape index (κ3) is 5.03. The Morgan fingerprint density at radius 3 is 2.32 bits per heavy atom. The topological polar surface area (TPSA) is 45.6 Å². The molecule has 2 heterocycles. The molecule has 0 bridgehead atoms. The van der Waals surface area contributed by atoms with Gasteiger partial charge in [-0.15, -0.1) is 0 Å². The van der Waals surface area contributed by atoms with Crippen LogP contribution < -0.4 is 0 Å². The molecule has 5 nitrogen and oxygen atoms in total. The minimum atomic E-state index is 0.0618. The predicted molar refractivity (Wildman–Crippen MR) is 111 cm³/mol. The van der Waals surface area contributed by atoms with Crippen molar-refractivity contribution in [3.05, 3.63) is 54.4 Å². The van der Waals surface area contributed by atoms with E-state index in [4.69, 9.17) is 0 Å². The van der Waals surface area contributed by atoms with Gasteiger partial charge in [-0.05, 0) is 49.1 Å². The van der Waals surface area contributed by atoms with Crippen molar-refractivity contribution in [2.45, 2.75) is 39.0 Å².